The molecule has 1 aromatic heterocycles. The van der Waals surface area contributed by atoms with Gasteiger partial charge in [0, 0.05) is 38.1 Å². The highest BCUT2D eigenvalue weighted by Gasteiger charge is 2.28. The van der Waals surface area contributed by atoms with Gasteiger partial charge in [-0.1, -0.05) is 31.0 Å². The first-order valence-electron chi connectivity index (χ1n) is 11.9. The van der Waals surface area contributed by atoms with E-state index in [1.807, 2.05) is 25.4 Å². The summed E-state index contributed by atoms with van der Waals surface area (Å²) in [7, 11) is 0. The molecule has 4 heteroatoms. The normalized spacial score (nSPS) is 18.9. The molecule has 2 heterocycles. The molecule has 4 nitrogen and oxygen atoms in total. The highest BCUT2D eigenvalue weighted by Crippen LogP contribution is 2.28. The molecule has 0 radical (unpaired) electrons. The van der Waals surface area contributed by atoms with Gasteiger partial charge < -0.3 is 9.64 Å². The minimum absolute atomic E-state index is 0.714. The molecule has 162 valence electrons. The first-order valence-corrected chi connectivity index (χ1v) is 11.9. The number of likely N-dealkylation sites (tertiary alicyclic amines) is 1. The summed E-state index contributed by atoms with van der Waals surface area (Å²) in [6.45, 7) is 8.43. The molecule has 0 atom stereocenters. The predicted octanol–water partition coefficient (Wildman–Crippen LogP) is 5.14. The number of piperidine rings is 1. The van der Waals surface area contributed by atoms with E-state index in [0.717, 1.165) is 30.8 Å². The van der Waals surface area contributed by atoms with E-state index in [1.165, 1.54) is 69.3 Å². The number of nitrogens with zero attached hydrogens (tertiary/aromatic N) is 3. The summed E-state index contributed by atoms with van der Waals surface area (Å²) in [4.78, 5) is 9.72. The molecule has 0 bridgehead atoms. The van der Waals surface area contributed by atoms with E-state index in [0.29, 0.717) is 6.61 Å². The lowest BCUT2D eigenvalue weighted by Crippen LogP contribution is -2.42. The number of aromatic nitrogens is 1. The molecule has 30 heavy (non-hydrogen) atoms. The number of pyridine rings is 1. The summed E-state index contributed by atoms with van der Waals surface area (Å²) in [6.07, 6.45) is 12.3. The maximum atomic E-state index is 5.61. The van der Waals surface area contributed by atoms with E-state index < -0.39 is 0 Å². The molecule has 0 N–H and O–H groups in total. The molecule has 1 aliphatic carbocycles. The molecule has 0 amide bonds. The molecule has 2 fully saturated rings. The lowest BCUT2D eigenvalue weighted by molar-refractivity contribution is 0.107. The van der Waals surface area contributed by atoms with Gasteiger partial charge in [-0.15, -0.1) is 0 Å². The maximum Gasteiger partial charge on any atom is 0.119 e. The molecule has 1 aliphatic heterocycles. The molecule has 2 aromatic rings. The Morgan fingerprint density at radius 2 is 1.70 bits per heavy atom. The highest BCUT2D eigenvalue weighted by molar-refractivity contribution is 5.27. The van der Waals surface area contributed by atoms with Crippen LogP contribution >= 0.6 is 0 Å². The Balaban J connectivity index is 1.36. The minimum Gasteiger partial charge on any atom is -0.494 e. The van der Waals surface area contributed by atoms with Crippen molar-refractivity contribution in [1.82, 2.24) is 14.8 Å². The quantitative estimate of drug-likeness (QED) is 0.576. The summed E-state index contributed by atoms with van der Waals surface area (Å²) in [5.41, 5.74) is 2.65. The minimum atomic E-state index is 0.714. The molecule has 0 spiro atoms. The Hall–Kier alpha value is -1.91. The summed E-state index contributed by atoms with van der Waals surface area (Å²) < 4.78 is 5.61. The van der Waals surface area contributed by atoms with Crippen LogP contribution in [0.3, 0.4) is 0 Å². The second-order valence-corrected chi connectivity index (χ2v) is 9.03. The molecule has 1 aromatic carbocycles. The van der Waals surface area contributed by atoms with E-state index in [2.05, 4.69) is 45.1 Å². The van der Waals surface area contributed by atoms with E-state index in [9.17, 15) is 0 Å². The topological polar surface area (TPSA) is 28.6 Å². The predicted molar refractivity (Wildman–Crippen MR) is 123 cm³/mol. The van der Waals surface area contributed by atoms with Crippen LogP contribution in [0.1, 0.15) is 56.6 Å². The van der Waals surface area contributed by atoms with Gasteiger partial charge >= 0.3 is 0 Å². The third-order valence-corrected chi connectivity index (χ3v) is 6.78. The van der Waals surface area contributed by atoms with Crippen LogP contribution in [0.2, 0.25) is 0 Å². The van der Waals surface area contributed by atoms with Crippen LogP contribution in [-0.4, -0.2) is 47.1 Å². The molecular weight excluding hydrogens is 370 g/mol. The van der Waals surface area contributed by atoms with Crippen molar-refractivity contribution < 1.29 is 4.74 Å². The number of hydrogen-bond donors (Lipinski definition) is 0. The van der Waals surface area contributed by atoms with Gasteiger partial charge in [0.2, 0.25) is 0 Å². The van der Waals surface area contributed by atoms with Crippen LogP contribution in [0, 0.1) is 5.92 Å². The molecule has 0 unspecified atom stereocenters. The van der Waals surface area contributed by atoms with Gasteiger partial charge in [-0.3, -0.25) is 9.88 Å². The van der Waals surface area contributed by atoms with Gasteiger partial charge in [0.1, 0.15) is 5.75 Å². The van der Waals surface area contributed by atoms with Crippen molar-refractivity contribution in [3.05, 3.63) is 59.9 Å². The molecule has 1 saturated carbocycles. The van der Waals surface area contributed by atoms with E-state index >= 15 is 0 Å². The highest BCUT2D eigenvalue weighted by atomic mass is 16.5. The molecule has 4 rings (SSSR count). The fourth-order valence-corrected chi connectivity index (χ4v) is 5.19. The second kappa shape index (κ2) is 10.9. The summed E-state index contributed by atoms with van der Waals surface area (Å²) in [5.74, 6) is 1.75. The number of benzene rings is 1. The molecular formula is C26H37N3O. The summed E-state index contributed by atoms with van der Waals surface area (Å²) in [6, 6.07) is 13.7. The first kappa shape index (κ1) is 21.3. The third kappa shape index (κ3) is 6.05. The van der Waals surface area contributed by atoms with Crippen LogP contribution in [0.25, 0.3) is 0 Å². The van der Waals surface area contributed by atoms with Crippen LogP contribution in [0.4, 0.5) is 0 Å². The van der Waals surface area contributed by atoms with Crippen molar-refractivity contribution in [2.75, 3.05) is 26.2 Å². The van der Waals surface area contributed by atoms with E-state index in [1.54, 1.807) is 0 Å². The average molecular weight is 408 g/mol. The Labute approximate surface area is 182 Å². The molecule has 2 aliphatic rings. The SMILES string of the molecule is CCOc1ccc(CN(Cc2cccnc2)CC2CCN(C3CCCC3)CC2)cc1. The number of ether oxygens (including phenoxy) is 1. The van der Waals surface area contributed by atoms with E-state index in [-0.39, 0.29) is 0 Å². The Morgan fingerprint density at radius 1 is 0.967 bits per heavy atom. The standard InChI is InChI=1S/C26H37N3O/c1-2-30-26-11-9-22(10-12-26)19-28(21-24-6-5-15-27-18-24)20-23-13-16-29(17-14-23)25-7-3-4-8-25/h5-6,9-12,15,18,23,25H,2-4,7-8,13-14,16-17,19-21H2,1H3. The van der Waals surface area contributed by atoms with Crippen LogP contribution in [0.5, 0.6) is 5.75 Å². The van der Waals surface area contributed by atoms with Crippen molar-refractivity contribution in [2.24, 2.45) is 5.92 Å². The zero-order valence-electron chi connectivity index (χ0n) is 18.5. The molecule has 1 saturated heterocycles. The lowest BCUT2D eigenvalue weighted by Gasteiger charge is -2.38. The van der Waals surface area contributed by atoms with Gasteiger partial charge in [-0.25, -0.2) is 0 Å². The van der Waals surface area contributed by atoms with Crippen LogP contribution in [0.15, 0.2) is 48.8 Å². The van der Waals surface area contributed by atoms with Crippen LogP contribution in [-0.2, 0) is 13.1 Å². The van der Waals surface area contributed by atoms with Crippen molar-refractivity contribution in [3.63, 3.8) is 0 Å². The summed E-state index contributed by atoms with van der Waals surface area (Å²) >= 11 is 0. The number of rotatable bonds is 9. The number of hydrogen-bond acceptors (Lipinski definition) is 4. The van der Waals surface area contributed by atoms with E-state index in [4.69, 9.17) is 4.74 Å². The summed E-state index contributed by atoms with van der Waals surface area (Å²) in [5, 5.41) is 0. The lowest BCUT2D eigenvalue weighted by atomic mass is 9.94. The van der Waals surface area contributed by atoms with Crippen molar-refractivity contribution in [3.8, 4) is 5.75 Å². The smallest absolute Gasteiger partial charge is 0.119 e. The van der Waals surface area contributed by atoms with Gasteiger partial charge in [0.25, 0.3) is 0 Å². The van der Waals surface area contributed by atoms with Crippen molar-refractivity contribution >= 4 is 0 Å². The zero-order valence-corrected chi connectivity index (χ0v) is 18.5. The Bertz CT molecular complexity index is 735. The maximum absolute atomic E-state index is 5.61. The fraction of sp³-hybridized carbons (Fsp3) is 0.577. The fourth-order valence-electron chi connectivity index (χ4n) is 5.19. The first-order chi connectivity index (χ1) is 14.8. The largest absolute Gasteiger partial charge is 0.494 e. The Morgan fingerprint density at radius 3 is 2.37 bits per heavy atom. The third-order valence-electron chi connectivity index (χ3n) is 6.78. The van der Waals surface area contributed by atoms with Crippen LogP contribution < -0.4 is 4.74 Å². The van der Waals surface area contributed by atoms with Crippen molar-refractivity contribution in [2.45, 2.75) is 64.6 Å². The van der Waals surface area contributed by atoms with Gasteiger partial charge in [0.05, 0.1) is 6.61 Å². The van der Waals surface area contributed by atoms with Gasteiger partial charge in [0.15, 0.2) is 0 Å². The average Bonchev–Trinajstić information content (AvgIpc) is 3.32. The Kier molecular flexibility index (Phi) is 7.76. The second-order valence-electron chi connectivity index (χ2n) is 9.03. The zero-order chi connectivity index (χ0) is 20.6. The van der Waals surface area contributed by atoms with Gasteiger partial charge in [-0.05, 0) is 80.9 Å². The monoisotopic (exact) mass is 407 g/mol. The van der Waals surface area contributed by atoms with Gasteiger partial charge in [-0.2, -0.15) is 0 Å². The van der Waals surface area contributed by atoms with Crippen molar-refractivity contribution in [1.29, 1.82) is 0 Å².